The average molecular weight is 210 g/mol. The Bertz CT molecular complexity index is 389. The summed E-state index contributed by atoms with van der Waals surface area (Å²) >= 11 is 5.49. The van der Waals surface area contributed by atoms with Crippen LogP contribution >= 0.6 is 11.6 Å². The molecule has 1 amide bonds. The van der Waals surface area contributed by atoms with Crippen molar-refractivity contribution in [2.45, 2.75) is 0 Å². The lowest BCUT2D eigenvalue weighted by Gasteiger charge is -2.23. The number of amides is 1. The Labute approximate surface area is 86.5 Å². The first-order valence-corrected chi connectivity index (χ1v) is 4.67. The lowest BCUT2D eigenvalue weighted by atomic mass is 10.2. The third-order valence-corrected chi connectivity index (χ3v) is 2.14. The number of anilines is 1. The van der Waals surface area contributed by atoms with Crippen molar-refractivity contribution >= 4 is 23.2 Å². The molecule has 0 atom stereocenters. The van der Waals surface area contributed by atoms with E-state index in [0.717, 1.165) is 5.69 Å². The van der Waals surface area contributed by atoms with E-state index < -0.39 is 0 Å². The minimum absolute atomic E-state index is 0.0430. The fraction of sp³-hybridized carbons (Fsp3) is 0.100. The molecule has 0 aromatic heterocycles. The summed E-state index contributed by atoms with van der Waals surface area (Å²) < 4.78 is 5.23. The molecule has 1 aliphatic rings. The molecule has 1 aromatic carbocycles. The monoisotopic (exact) mass is 209 g/mol. The van der Waals surface area contributed by atoms with E-state index in [1.807, 2.05) is 18.2 Å². The SMILES string of the molecule is O=C(CCl)N1C=COc2ccccc21. The van der Waals surface area contributed by atoms with Gasteiger partial charge in [0.15, 0.2) is 5.75 Å². The molecule has 0 N–H and O–H groups in total. The van der Waals surface area contributed by atoms with Crippen molar-refractivity contribution in [3.05, 3.63) is 36.7 Å². The van der Waals surface area contributed by atoms with Crippen LogP contribution in [0, 0.1) is 0 Å². The van der Waals surface area contributed by atoms with Crippen molar-refractivity contribution in [1.29, 1.82) is 0 Å². The molecule has 0 saturated heterocycles. The van der Waals surface area contributed by atoms with E-state index in [4.69, 9.17) is 16.3 Å². The van der Waals surface area contributed by atoms with E-state index in [0.29, 0.717) is 5.75 Å². The van der Waals surface area contributed by atoms with Gasteiger partial charge in [-0.05, 0) is 12.1 Å². The summed E-state index contributed by atoms with van der Waals surface area (Å²) in [5, 5.41) is 0. The zero-order chi connectivity index (χ0) is 9.97. The van der Waals surface area contributed by atoms with Crippen molar-refractivity contribution in [3.63, 3.8) is 0 Å². The number of para-hydroxylation sites is 2. The maximum Gasteiger partial charge on any atom is 0.246 e. The Morgan fingerprint density at radius 2 is 2.21 bits per heavy atom. The summed E-state index contributed by atoms with van der Waals surface area (Å²) in [6, 6.07) is 7.30. The molecule has 1 aliphatic heterocycles. The largest absolute Gasteiger partial charge is 0.461 e. The molecule has 1 aromatic rings. The van der Waals surface area contributed by atoms with E-state index >= 15 is 0 Å². The number of rotatable bonds is 1. The lowest BCUT2D eigenvalue weighted by molar-refractivity contribution is -0.115. The number of carbonyl (C=O) groups is 1. The second-order valence-corrected chi connectivity index (χ2v) is 3.04. The Kier molecular flexibility index (Phi) is 2.41. The number of benzene rings is 1. The number of halogens is 1. The molecule has 0 saturated carbocycles. The molecular weight excluding hydrogens is 202 g/mol. The van der Waals surface area contributed by atoms with Gasteiger partial charge in [0.25, 0.3) is 0 Å². The van der Waals surface area contributed by atoms with E-state index in [9.17, 15) is 4.79 Å². The first kappa shape index (κ1) is 9.09. The maximum atomic E-state index is 11.4. The van der Waals surface area contributed by atoms with E-state index in [1.165, 1.54) is 11.2 Å². The average Bonchev–Trinajstić information content (AvgIpc) is 2.27. The van der Waals surface area contributed by atoms with Gasteiger partial charge >= 0.3 is 0 Å². The first-order chi connectivity index (χ1) is 6.83. The van der Waals surface area contributed by atoms with Crippen LogP contribution in [0.3, 0.4) is 0 Å². The summed E-state index contributed by atoms with van der Waals surface area (Å²) in [5.41, 5.74) is 0.723. The van der Waals surface area contributed by atoms with E-state index in [-0.39, 0.29) is 11.8 Å². The van der Waals surface area contributed by atoms with Crippen molar-refractivity contribution in [3.8, 4) is 5.75 Å². The summed E-state index contributed by atoms with van der Waals surface area (Å²) in [4.78, 5) is 12.9. The van der Waals surface area contributed by atoms with Crippen LogP contribution < -0.4 is 9.64 Å². The minimum Gasteiger partial charge on any atom is -0.461 e. The molecule has 1 heterocycles. The van der Waals surface area contributed by atoms with Crippen molar-refractivity contribution in [2.75, 3.05) is 10.8 Å². The highest BCUT2D eigenvalue weighted by atomic mass is 35.5. The van der Waals surface area contributed by atoms with Crippen LogP contribution in [0.2, 0.25) is 0 Å². The van der Waals surface area contributed by atoms with E-state index in [2.05, 4.69) is 0 Å². The molecule has 0 radical (unpaired) electrons. The van der Waals surface area contributed by atoms with Crippen LogP contribution in [-0.4, -0.2) is 11.8 Å². The number of hydrogen-bond donors (Lipinski definition) is 0. The Morgan fingerprint density at radius 1 is 1.43 bits per heavy atom. The molecule has 3 nitrogen and oxygen atoms in total. The summed E-state index contributed by atoms with van der Waals surface area (Å²) in [5.74, 6) is 0.450. The highest BCUT2D eigenvalue weighted by Gasteiger charge is 2.18. The molecule has 0 fully saturated rings. The molecule has 2 rings (SSSR count). The van der Waals surface area contributed by atoms with Gasteiger partial charge in [0.2, 0.25) is 5.91 Å². The van der Waals surface area contributed by atoms with Gasteiger partial charge in [-0.25, -0.2) is 0 Å². The standard InChI is InChI=1S/C10H8ClNO2/c11-7-10(13)12-5-6-14-9-4-2-1-3-8(9)12/h1-6H,7H2. The molecular formula is C10H8ClNO2. The fourth-order valence-corrected chi connectivity index (χ4v) is 1.41. The molecule has 14 heavy (non-hydrogen) atoms. The summed E-state index contributed by atoms with van der Waals surface area (Å²) in [6.07, 6.45) is 3.03. The normalized spacial score (nSPS) is 13.4. The zero-order valence-corrected chi connectivity index (χ0v) is 8.07. The number of ether oxygens (including phenoxy) is 1. The number of hydrogen-bond acceptors (Lipinski definition) is 2. The summed E-state index contributed by atoms with van der Waals surface area (Å²) in [6.45, 7) is 0. The predicted molar refractivity (Wildman–Crippen MR) is 54.4 cm³/mol. The number of alkyl halides is 1. The third-order valence-electron chi connectivity index (χ3n) is 1.91. The molecule has 0 unspecified atom stereocenters. The van der Waals surface area contributed by atoms with Crippen LogP contribution in [0.4, 0.5) is 5.69 Å². The smallest absolute Gasteiger partial charge is 0.246 e. The van der Waals surface area contributed by atoms with Crippen LogP contribution in [0.15, 0.2) is 36.7 Å². The van der Waals surface area contributed by atoms with Crippen molar-refractivity contribution < 1.29 is 9.53 Å². The first-order valence-electron chi connectivity index (χ1n) is 4.13. The highest BCUT2D eigenvalue weighted by molar-refractivity contribution is 6.29. The van der Waals surface area contributed by atoms with E-state index in [1.54, 1.807) is 12.3 Å². The number of carbonyl (C=O) groups excluding carboxylic acids is 1. The molecule has 0 aliphatic carbocycles. The summed E-state index contributed by atoms with van der Waals surface area (Å²) in [7, 11) is 0. The second kappa shape index (κ2) is 3.72. The molecule has 0 bridgehead atoms. The lowest BCUT2D eigenvalue weighted by Crippen LogP contribution is -2.28. The maximum absolute atomic E-state index is 11.4. The van der Waals surface area contributed by atoms with Crippen LogP contribution in [0.1, 0.15) is 0 Å². The van der Waals surface area contributed by atoms with Gasteiger partial charge in [0.1, 0.15) is 12.1 Å². The van der Waals surface area contributed by atoms with Gasteiger partial charge in [-0.1, -0.05) is 12.1 Å². The number of nitrogens with zero attached hydrogens (tertiary/aromatic N) is 1. The molecule has 0 spiro atoms. The quantitative estimate of drug-likeness (QED) is 0.663. The van der Waals surface area contributed by atoms with Crippen LogP contribution in [0.25, 0.3) is 0 Å². The van der Waals surface area contributed by atoms with Gasteiger partial charge in [-0.15, -0.1) is 11.6 Å². The zero-order valence-electron chi connectivity index (χ0n) is 7.31. The Hall–Kier alpha value is -1.48. The number of fused-ring (bicyclic) bond motifs is 1. The second-order valence-electron chi connectivity index (χ2n) is 2.77. The minimum atomic E-state index is -0.168. The van der Waals surface area contributed by atoms with Gasteiger partial charge in [0, 0.05) is 6.20 Å². The van der Waals surface area contributed by atoms with Crippen LogP contribution in [0.5, 0.6) is 5.75 Å². The van der Waals surface area contributed by atoms with Gasteiger partial charge in [0.05, 0.1) is 5.69 Å². The molecule has 4 heteroatoms. The van der Waals surface area contributed by atoms with Gasteiger partial charge in [-0.3, -0.25) is 9.69 Å². The predicted octanol–water partition coefficient (Wildman–Crippen LogP) is 2.12. The fourth-order valence-electron chi connectivity index (χ4n) is 1.28. The Morgan fingerprint density at radius 3 is 3.00 bits per heavy atom. The topological polar surface area (TPSA) is 29.5 Å². The van der Waals surface area contributed by atoms with Gasteiger partial charge in [-0.2, -0.15) is 0 Å². The van der Waals surface area contributed by atoms with Crippen molar-refractivity contribution in [1.82, 2.24) is 0 Å². The Balaban J connectivity index is 2.40. The third kappa shape index (κ3) is 1.46. The highest BCUT2D eigenvalue weighted by Crippen LogP contribution is 2.31. The van der Waals surface area contributed by atoms with Crippen molar-refractivity contribution in [2.24, 2.45) is 0 Å². The molecule has 72 valence electrons. The van der Waals surface area contributed by atoms with Gasteiger partial charge < -0.3 is 4.74 Å². The van der Waals surface area contributed by atoms with Crippen LogP contribution in [-0.2, 0) is 4.79 Å².